The van der Waals surface area contributed by atoms with Crippen LogP contribution in [0.4, 0.5) is 0 Å². The zero-order valence-corrected chi connectivity index (χ0v) is 13.1. The van der Waals surface area contributed by atoms with E-state index in [9.17, 15) is 4.79 Å². The van der Waals surface area contributed by atoms with Crippen molar-refractivity contribution < 1.29 is 14.3 Å². The van der Waals surface area contributed by atoms with E-state index in [1.165, 1.54) is 0 Å². The van der Waals surface area contributed by atoms with E-state index in [1.807, 2.05) is 24.3 Å². The van der Waals surface area contributed by atoms with Crippen molar-refractivity contribution in [3.05, 3.63) is 29.8 Å². The van der Waals surface area contributed by atoms with Gasteiger partial charge in [0.05, 0.1) is 6.10 Å². The number of hydrogen-bond donors (Lipinski definition) is 1. The summed E-state index contributed by atoms with van der Waals surface area (Å²) in [7, 11) is 0. The first-order valence-electron chi connectivity index (χ1n) is 7.73. The zero-order chi connectivity index (χ0) is 15.2. The molecule has 2 atom stereocenters. The molecule has 1 aromatic rings. The van der Waals surface area contributed by atoms with E-state index in [1.54, 1.807) is 6.92 Å². The average Bonchev–Trinajstić information content (AvgIpc) is 2.98. The summed E-state index contributed by atoms with van der Waals surface area (Å²) >= 11 is 0. The minimum absolute atomic E-state index is 0.0935. The first-order valence-corrected chi connectivity index (χ1v) is 7.73. The summed E-state index contributed by atoms with van der Waals surface area (Å²) in [6, 6.07) is 7.87. The van der Waals surface area contributed by atoms with Gasteiger partial charge in [0.1, 0.15) is 5.75 Å². The van der Waals surface area contributed by atoms with Crippen LogP contribution in [0.2, 0.25) is 0 Å². The Kier molecular flexibility index (Phi) is 5.62. The quantitative estimate of drug-likeness (QED) is 0.876. The first kappa shape index (κ1) is 15.8. The van der Waals surface area contributed by atoms with Crippen LogP contribution in [0.15, 0.2) is 24.3 Å². The smallest absolute Gasteiger partial charge is 0.260 e. The van der Waals surface area contributed by atoms with E-state index in [0.717, 1.165) is 30.8 Å². The molecule has 1 heterocycles. The van der Waals surface area contributed by atoms with E-state index >= 15 is 0 Å². The molecule has 0 spiro atoms. The van der Waals surface area contributed by atoms with Crippen LogP contribution in [0.25, 0.3) is 0 Å². The third kappa shape index (κ3) is 4.46. The van der Waals surface area contributed by atoms with Crippen molar-refractivity contribution in [3.63, 3.8) is 0 Å². The number of carbonyl (C=O) groups is 1. The SMILES string of the molecule is CC(Oc1ccccc1C(C)C)C(=O)NCC1CCCO1. The van der Waals surface area contributed by atoms with Crippen LogP contribution < -0.4 is 10.1 Å². The fraction of sp³-hybridized carbons (Fsp3) is 0.588. The second kappa shape index (κ2) is 7.46. The predicted octanol–water partition coefficient (Wildman–Crippen LogP) is 2.87. The Morgan fingerprint density at radius 2 is 2.14 bits per heavy atom. The normalized spacial score (nSPS) is 19.5. The number of para-hydroxylation sites is 1. The van der Waals surface area contributed by atoms with Gasteiger partial charge in [-0.3, -0.25) is 4.79 Å². The molecular formula is C17H25NO3. The molecule has 1 saturated heterocycles. The second-order valence-electron chi connectivity index (χ2n) is 5.83. The van der Waals surface area contributed by atoms with Gasteiger partial charge < -0.3 is 14.8 Å². The summed E-state index contributed by atoms with van der Waals surface area (Å²) in [5.41, 5.74) is 1.12. The van der Waals surface area contributed by atoms with Crippen molar-refractivity contribution in [2.45, 2.75) is 51.7 Å². The van der Waals surface area contributed by atoms with E-state index in [4.69, 9.17) is 9.47 Å². The van der Waals surface area contributed by atoms with Crippen molar-refractivity contribution in [3.8, 4) is 5.75 Å². The van der Waals surface area contributed by atoms with Gasteiger partial charge in [0, 0.05) is 13.2 Å². The fourth-order valence-electron chi connectivity index (χ4n) is 2.47. The van der Waals surface area contributed by atoms with Gasteiger partial charge in [0.2, 0.25) is 0 Å². The zero-order valence-electron chi connectivity index (χ0n) is 13.1. The number of carbonyl (C=O) groups excluding carboxylic acids is 1. The Labute approximate surface area is 126 Å². The maximum absolute atomic E-state index is 12.1. The molecule has 1 N–H and O–H groups in total. The number of benzene rings is 1. The number of ether oxygens (including phenoxy) is 2. The van der Waals surface area contributed by atoms with Gasteiger partial charge in [-0.05, 0) is 37.3 Å². The fourth-order valence-corrected chi connectivity index (χ4v) is 2.47. The van der Waals surface area contributed by atoms with Crippen molar-refractivity contribution >= 4 is 5.91 Å². The maximum Gasteiger partial charge on any atom is 0.260 e. The molecule has 0 aliphatic carbocycles. The average molecular weight is 291 g/mol. The molecule has 0 aromatic heterocycles. The summed E-state index contributed by atoms with van der Waals surface area (Å²) in [4.78, 5) is 12.1. The molecule has 1 aromatic carbocycles. The minimum atomic E-state index is -0.508. The van der Waals surface area contributed by atoms with E-state index < -0.39 is 6.10 Å². The van der Waals surface area contributed by atoms with Gasteiger partial charge in [-0.15, -0.1) is 0 Å². The summed E-state index contributed by atoms with van der Waals surface area (Å²) in [6.45, 7) is 7.38. The molecule has 1 aliphatic rings. The van der Waals surface area contributed by atoms with Crippen molar-refractivity contribution in [1.29, 1.82) is 0 Å². The van der Waals surface area contributed by atoms with Crippen LogP contribution in [-0.2, 0) is 9.53 Å². The molecule has 2 rings (SSSR count). The van der Waals surface area contributed by atoms with Crippen molar-refractivity contribution in [2.24, 2.45) is 0 Å². The molecule has 1 amide bonds. The standard InChI is InChI=1S/C17H25NO3/c1-12(2)15-8-4-5-9-16(15)21-13(3)17(19)18-11-14-7-6-10-20-14/h4-5,8-9,12-14H,6-7,10-11H2,1-3H3,(H,18,19). The number of hydrogen-bond acceptors (Lipinski definition) is 3. The Morgan fingerprint density at radius 3 is 2.81 bits per heavy atom. The highest BCUT2D eigenvalue weighted by Gasteiger charge is 2.20. The molecule has 0 radical (unpaired) electrons. The Balaban J connectivity index is 1.88. The molecule has 116 valence electrons. The van der Waals surface area contributed by atoms with Crippen molar-refractivity contribution in [2.75, 3.05) is 13.2 Å². The lowest BCUT2D eigenvalue weighted by atomic mass is 10.0. The van der Waals surface area contributed by atoms with Gasteiger partial charge >= 0.3 is 0 Å². The Hall–Kier alpha value is -1.55. The lowest BCUT2D eigenvalue weighted by molar-refractivity contribution is -0.127. The molecular weight excluding hydrogens is 266 g/mol. The monoisotopic (exact) mass is 291 g/mol. The minimum Gasteiger partial charge on any atom is -0.481 e. The summed E-state index contributed by atoms with van der Waals surface area (Å²) in [6.07, 6.45) is 1.75. The number of nitrogens with one attached hydrogen (secondary N) is 1. The van der Waals surface area contributed by atoms with Crippen LogP contribution in [-0.4, -0.2) is 31.3 Å². The lowest BCUT2D eigenvalue weighted by Crippen LogP contribution is -2.40. The predicted molar refractivity (Wildman–Crippen MR) is 82.6 cm³/mol. The summed E-state index contributed by atoms with van der Waals surface area (Å²) < 4.78 is 11.3. The summed E-state index contributed by atoms with van der Waals surface area (Å²) in [5, 5.41) is 2.90. The number of amides is 1. The molecule has 21 heavy (non-hydrogen) atoms. The largest absolute Gasteiger partial charge is 0.481 e. The van der Waals surface area contributed by atoms with Crippen molar-refractivity contribution in [1.82, 2.24) is 5.32 Å². The van der Waals surface area contributed by atoms with Crippen LogP contribution in [0.1, 0.15) is 45.1 Å². The highest BCUT2D eigenvalue weighted by molar-refractivity contribution is 5.80. The third-order valence-corrected chi connectivity index (χ3v) is 3.74. The van der Waals surface area contributed by atoms with Crippen LogP contribution >= 0.6 is 0 Å². The molecule has 2 unspecified atom stereocenters. The highest BCUT2D eigenvalue weighted by atomic mass is 16.5. The first-order chi connectivity index (χ1) is 10.1. The molecule has 0 saturated carbocycles. The topological polar surface area (TPSA) is 47.6 Å². The Bertz CT molecular complexity index is 467. The molecule has 4 nitrogen and oxygen atoms in total. The summed E-state index contributed by atoms with van der Waals surface area (Å²) in [5.74, 6) is 1.06. The molecule has 1 fully saturated rings. The van der Waals surface area contributed by atoms with E-state index in [0.29, 0.717) is 12.5 Å². The third-order valence-electron chi connectivity index (χ3n) is 3.74. The van der Waals surface area contributed by atoms with E-state index in [-0.39, 0.29) is 12.0 Å². The van der Waals surface area contributed by atoms with Gasteiger partial charge in [0.15, 0.2) is 6.10 Å². The van der Waals surface area contributed by atoms with Gasteiger partial charge in [-0.25, -0.2) is 0 Å². The second-order valence-corrected chi connectivity index (χ2v) is 5.83. The van der Waals surface area contributed by atoms with Crippen LogP contribution in [0, 0.1) is 0 Å². The molecule has 4 heteroatoms. The van der Waals surface area contributed by atoms with Gasteiger partial charge in [0.25, 0.3) is 5.91 Å². The molecule has 0 bridgehead atoms. The van der Waals surface area contributed by atoms with Gasteiger partial charge in [-0.2, -0.15) is 0 Å². The van der Waals surface area contributed by atoms with Gasteiger partial charge in [-0.1, -0.05) is 32.0 Å². The molecule has 1 aliphatic heterocycles. The lowest BCUT2D eigenvalue weighted by Gasteiger charge is -2.19. The van der Waals surface area contributed by atoms with Crippen LogP contribution in [0.5, 0.6) is 5.75 Å². The van der Waals surface area contributed by atoms with Crippen LogP contribution in [0.3, 0.4) is 0 Å². The highest BCUT2D eigenvalue weighted by Crippen LogP contribution is 2.26. The maximum atomic E-state index is 12.1. The number of rotatable bonds is 6. The Morgan fingerprint density at radius 1 is 1.38 bits per heavy atom. The van der Waals surface area contributed by atoms with E-state index in [2.05, 4.69) is 19.2 Å².